The van der Waals surface area contributed by atoms with Gasteiger partial charge in [-0.3, -0.25) is 9.63 Å². The van der Waals surface area contributed by atoms with Crippen LogP contribution in [0, 0.1) is 0 Å². The van der Waals surface area contributed by atoms with Crippen molar-refractivity contribution >= 4 is 21.8 Å². The summed E-state index contributed by atoms with van der Waals surface area (Å²) < 4.78 is 0.730. The van der Waals surface area contributed by atoms with Crippen LogP contribution in [-0.4, -0.2) is 19.1 Å². The van der Waals surface area contributed by atoms with E-state index in [0.717, 1.165) is 4.47 Å². The quantitative estimate of drug-likeness (QED) is 0.628. The molecule has 1 aromatic carbocycles. The predicted octanol–water partition coefficient (Wildman–Crippen LogP) is 1.07. The molecule has 0 aliphatic carbocycles. The molecule has 0 aromatic heterocycles. The number of halogens is 1. The van der Waals surface area contributed by atoms with Crippen molar-refractivity contribution in [3.63, 3.8) is 0 Å². The van der Waals surface area contributed by atoms with Crippen LogP contribution in [0.25, 0.3) is 0 Å². The van der Waals surface area contributed by atoms with E-state index >= 15 is 0 Å². The van der Waals surface area contributed by atoms with Crippen molar-refractivity contribution in [3.8, 4) is 0 Å². The van der Waals surface area contributed by atoms with E-state index in [0.29, 0.717) is 18.7 Å². The third-order valence-electron chi connectivity index (χ3n) is 1.50. The van der Waals surface area contributed by atoms with Crippen LogP contribution in [0.15, 0.2) is 28.7 Å². The van der Waals surface area contributed by atoms with Crippen molar-refractivity contribution in [3.05, 3.63) is 34.3 Å². The molecular formula is C9H11BrN2O2. The molecule has 0 saturated carbocycles. The standard InChI is InChI=1S/C9H11BrN2O2/c10-8-4-2-1-3-7(8)9(13)12-14-6-5-11/h1-4H,5-6,11H2,(H,12,13). The lowest BCUT2D eigenvalue weighted by Crippen LogP contribution is -2.26. The van der Waals surface area contributed by atoms with Gasteiger partial charge in [-0.25, -0.2) is 5.48 Å². The highest BCUT2D eigenvalue weighted by molar-refractivity contribution is 9.10. The molecular weight excluding hydrogens is 248 g/mol. The molecule has 14 heavy (non-hydrogen) atoms. The molecule has 1 amide bonds. The summed E-state index contributed by atoms with van der Waals surface area (Å²) in [5, 5.41) is 0. The number of amides is 1. The molecule has 0 heterocycles. The first kappa shape index (κ1) is 11.2. The molecule has 0 atom stereocenters. The van der Waals surface area contributed by atoms with E-state index in [1.54, 1.807) is 18.2 Å². The molecule has 0 spiro atoms. The topological polar surface area (TPSA) is 64.3 Å². The van der Waals surface area contributed by atoms with Crippen molar-refractivity contribution in [2.75, 3.05) is 13.2 Å². The first-order chi connectivity index (χ1) is 6.75. The van der Waals surface area contributed by atoms with Crippen LogP contribution >= 0.6 is 15.9 Å². The molecule has 3 N–H and O–H groups in total. The Morgan fingerprint density at radius 3 is 2.86 bits per heavy atom. The predicted molar refractivity (Wildman–Crippen MR) is 56.6 cm³/mol. The monoisotopic (exact) mass is 258 g/mol. The highest BCUT2D eigenvalue weighted by Gasteiger charge is 2.07. The number of benzene rings is 1. The second kappa shape index (κ2) is 5.74. The van der Waals surface area contributed by atoms with Crippen LogP contribution < -0.4 is 11.2 Å². The normalized spacial score (nSPS) is 9.86. The summed E-state index contributed by atoms with van der Waals surface area (Å²) in [4.78, 5) is 16.2. The average molecular weight is 259 g/mol. The van der Waals surface area contributed by atoms with Gasteiger partial charge in [-0.2, -0.15) is 0 Å². The van der Waals surface area contributed by atoms with Crippen LogP contribution in [-0.2, 0) is 4.84 Å². The third-order valence-corrected chi connectivity index (χ3v) is 2.19. The van der Waals surface area contributed by atoms with Gasteiger partial charge in [-0.15, -0.1) is 0 Å². The summed E-state index contributed by atoms with van der Waals surface area (Å²) in [5.74, 6) is -0.286. The fraction of sp³-hybridized carbons (Fsp3) is 0.222. The number of nitrogens with two attached hydrogens (primary N) is 1. The third kappa shape index (κ3) is 3.10. The lowest BCUT2D eigenvalue weighted by atomic mass is 10.2. The summed E-state index contributed by atoms with van der Waals surface area (Å²) >= 11 is 3.26. The zero-order valence-electron chi connectivity index (χ0n) is 7.50. The minimum absolute atomic E-state index is 0.286. The van der Waals surface area contributed by atoms with Crippen molar-refractivity contribution in [1.82, 2.24) is 5.48 Å². The molecule has 0 aliphatic heterocycles. The Balaban J connectivity index is 2.56. The molecule has 0 aliphatic rings. The van der Waals surface area contributed by atoms with Gasteiger partial charge in [0.25, 0.3) is 5.91 Å². The van der Waals surface area contributed by atoms with Gasteiger partial charge in [0.1, 0.15) is 0 Å². The van der Waals surface area contributed by atoms with Crippen molar-refractivity contribution < 1.29 is 9.63 Å². The fourth-order valence-electron chi connectivity index (χ4n) is 0.876. The maximum Gasteiger partial charge on any atom is 0.275 e. The molecule has 76 valence electrons. The molecule has 0 unspecified atom stereocenters. The lowest BCUT2D eigenvalue weighted by molar-refractivity contribution is 0.0343. The van der Waals surface area contributed by atoms with E-state index in [9.17, 15) is 4.79 Å². The number of hydrogen-bond acceptors (Lipinski definition) is 3. The van der Waals surface area contributed by atoms with Crippen molar-refractivity contribution in [2.24, 2.45) is 5.73 Å². The Bertz CT molecular complexity index is 317. The van der Waals surface area contributed by atoms with Crippen LogP contribution in [0.3, 0.4) is 0 Å². The zero-order valence-corrected chi connectivity index (χ0v) is 9.08. The minimum atomic E-state index is -0.286. The molecule has 4 nitrogen and oxygen atoms in total. The lowest BCUT2D eigenvalue weighted by Gasteiger charge is -2.05. The maximum absolute atomic E-state index is 11.4. The molecule has 0 fully saturated rings. The van der Waals surface area contributed by atoms with Gasteiger partial charge in [0, 0.05) is 11.0 Å². The zero-order chi connectivity index (χ0) is 10.4. The summed E-state index contributed by atoms with van der Waals surface area (Å²) in [7, 11) is 0. The SMILES string of the molecule is NCCONC(=O)c1ccccc1Br. The number of rotatable bonds is 4. The smallest absolute Gasteiger partial charge is 0.275 e. The molecule has 5 heteroatoms. The second-order valence-corrected chi connectivity index (χ2v) is 3.40. The van der Waals surface area contributed by atoms with E-state index in [1.807, 2.05) is 6.07 Å². The van der Waals surface area contributed by atoms with Crippen LogP contribution in [0.1, 0.15) is 10.4 Å². The molecule has 1 aromatic rings. The van der Waals surface area contributed by atoms with Crippen LogP contribution in [0.2, 0.25) is 0 Å². The van der Waals surface area contributed by atoms with Gasteiger partial charge in [-0.1, -0.05) is 12.1 Å². The summed E-state index contributed by atoms with van der Waals surface area (Å²) in [6.45, 7) is 0.673. The van der Waals surface area contributed by atoms with E-state index in [2.05, 4.69) is 21.4 Å². The number of nitrogens with one attached hydrogen (secondary N) is 1. The largest absolute Gasteiger partial charge is 0.328 e. The van der Waals surface area contributed by atoms with Gasteiger partial charge < -0.3 is 5.73 Å². The van der Waals surface area contributed by atoms with Gasteiger partial charge in [0.05, 0.1) is 12.2 Å². The molecule has 0 bridgehead atoms. The Labute approximate surface area is 90.5 Å². The number of hydrogen-bond donors (Lipinski definition) is 2. The molecule has 0 saturated heterocycles. The van der Waals surface area contributed by atoms with Gasteiger partial charge in [-0.05, 0) is 28.1 Å². The Morgan fingerprint density at radius 1 is 1.50 bits per heavy atom. The van der Waals surface area contributed by atoms with Crippen molar-refractivity contribution in [2.45, 2.75) is 0 Å². The van der Waals surface area contributed by atoms with Gasteiger partial charge >= 0.3 is 0 Å². The Morgan fingerprint density at radius 2 is 2.21 bits per heavy atom. The Kier molecular flexibility index (Phi) is 4.58. The first-order valence-electron chi connectivity index (χ1n) is 4.12. The van der Waals surface area contributed by atoms with Crippen LogP contribution in [0.5, 0.6) is 0 Å². The summed E-state index contributed by atoms with van der Waals surface area (Å²) in [5.41, 5.74) is 8.02. The molecule has 0 radical (unpaired) electrons. The van der Waals surface area contributed by atoms with Crippen LogP contribution in [0.4, 0.5) is 0 Å². The minimum Gasteiger partial charge on any atom is -0.328 e. The number of carbonyl (C=O) groups is 1. The highest BCUT2D eigenvalue weighted by atomic mass is 79.9. The first-order valence-corrected chi connectivity index (χ1v) is 4.91. The fourth-order valence-corrected chi connectivity index (χ4v) is 1.34. The summed E-state index contributed by atoms with van der Waals surface area (Å²) in [6, 6.07) is 7.10. The summed E-state index contributed by atoms with van der Waals surface area (Å²) in [6.07, 6.45) is 0. The number of hydroxylamine groups is 1. The van der Waals surface area contributed by atoms with Gasteiger partial charge in [0.15, 0.2) is 0 Å². The van der Waals surface area contributed by atoms with Crippen molar-refractivity contribution in [1.29, 1.82) is 0 Å². The Hall–Kier alpha value is -0.910. The maximum atomic E-state index is 11.4. The van der Waals surface area contributed by atoms with E-state index in [-0.39, 0.29) is 5.91 Å². The number of carbonyl (C=O) groups excluding carboxylic acids is 1. The van der Waals surface area contributed by atoms with Gasteiger partial charge in [0.2, 0.25) is 0 Å². The highest BCUT2D eigenvalue weighted by Crippen LogP contribution is 2.15. The van der Waals surface area contributed by atoms with E-state index in [4.69, 9.17) is 10.6 Å². The van der Waals surface area contributed by atoms with E-state index < -0.39 is 0 Å². The average Bonchev–Trinajstić information content (AvgIpc) is 2.18. The van der Waals surface area contributed by atoms with E-state index in [1.165, 1.54) is 0 Å². The molecule has 1 rings (SSSR count). The second-order valence-electron chi connectivity index (χ2n) is 2.55.